The SMILES string of the molecule is COC(C)(c1c(N(C=O)CC(N)=O)ccc(F)c1F)C1CCCC(F)(F)C1. The van der Waals surface area contributed by atoms with Crippen LogP contribution in [0.15, 0.2) is 12.1 Å². The summed E-state index contributed by atoms with van der Waals surface area (Å²) in [6, 6.07) is 1.89. The molecule has 1 aromatic carbocycles. The highest BCUT2D eigenvalue weighted by molar-refractivity contribution is 5.88. The summed E-state index contributed by atoms with van der Waals surface area (Å²) in [6.45, 7) is 0.801. The fraction of sp³-hybridized carbons (Fsp3) is 0.556. The first-order valence-corrected chi connectivity index (χ1v) is 8.47. The predicted octanol–water partition coefficient (Wildman–Crippen LogP) is 3.10. The van der Waals surface area contributed by atoms with E-state index in [1.807, 2.05) is 0 Å². The van der Waals surface area contributed by atoms with Gasteiger partial charge in [0.2, 0.25) is 18.2 Å². The number of hydrogen-bond donors (Lipinski definition) is 1. The number of methoxy groups -OCH3 is 1. The van der Waals surface area contributed by atoms with Gasteiger partial charge in [-0.15, -0.1) is 0 Å². The molecular formula is C18H22F4N2O3. The van der Waals surface area contributed by atoms with E-state index in [0.29, 0.717) is 6.42 Å². The van der Waals surface area contributed by atoms with Crippen LogP contribution in [0.4, 0.5) is 23.2 Å². The molecule has 5 nitrogen and oxygen atoms in total. The molecule has 1 aliphatic rings. The second kappa shape index (κ2) is 7.84. The minimum Gasteiger partial charge on any atom is -0.373 e. The zero-order valence-electron chi connectivity index (χ0n) is 15.1. The average Bonchev–Trinajstić information content (AvgIpc) is 2.60. The topological polar surface area (TPSA) is 72.6 Å². The van der Waals surface area contributed by atoms with Crippen molar-refractivity contribution in [2.24, 2.45) is 11.7 Å². The van der Waals surface area contributed by atoms with E-state index in [1.54, 1.807) is 0 Å². The molecule has 2 unspecified atom stereocenters. The van der Waals surface area contributed by atoms with E-state index in [1.165, 1.54) is 14.0 Å². The predicted molar refractivity (Wildman–Crippen MR) is 90.2 cm³/mol. The summed E-state index contributed by atoms with van der Waals surface area (Å²) >= 11 is 0. The zero-order chi connectivity index (χ0) is 20.4. The number of benzene rings is 1. The van der Waals surface area contributed by atoms with Crippen LogP contribution in [0.25, 0.3) is 0 Å². The largest absolute Gasteiger partial charge is 0.373 e. The fourth-order valence-corrected chi connectivity index (χ4v) is 3.71. The van der Waals surface area contributed by atoms with E-state index < -0.39 is 47.9 Å². The third-order valence-electron chi connectivity index (χ3n) is 5.18. The van der Waals surface area contributed by atoms with Gasteiger partial charge >= 0.3 is 0 Å². The Labute approximate surface area is 154 Å². The highest BCUT2D eigenvalue weighted by Gasteiger charge is 2.48. The Morgan fingerprint density at radius 2 is 2.11 bits per heavy atom. The maximum absolute atomic E-state index is 14.8. The molecule has 1 aromatic rings. The third-order valence-corrected chi connectivity index (χ3v) is 5.18. The highest BCUT2D eigenvalue weighted by Crippen LogP contribution is 2.49. The quantitative estimate of drug-likeness (QED) is 0.574. The van der Waals surface area contributed by atoms with Gasteiger partial charge in [0.05, 0.1) is 11.3 Å². The number of ether oxygens (including phenoxy) is 1. The first-order chi connectivity index (χ1) is 12.6. The number of anilines is 1. The summed E-state index contributed by atoms with van der Waals surface area (Å²) in [5.74, 6) is -7.19. The minimum absolute atomic E-state index is 0.152. The normalized spacial score (nSPS) is 21.3. The van der Waals surface area contributed by atoms with Crippen LogP contribution in [0.3, 0.4) is 0 Å². The van der Waals surface area contributed by atoms with E-state index in [4.69, 9.17) is 10.5 Å². The lowest BCUT2D eigenvalue weighted by atomic mass is 9.72. The molecule has 2 amide bonds. The number of nitrogens with two attached hydrogens (primary N) is 1. The molecule has 1 fully saturated rings. The Kier molecular flexibility index (Phi) is 6.14. The molecule has 0 heterocycles. The number of carbonyl (C=O) groups is 2. The van der Waals surface area contributed by atoms with E-state index in [2.05, 4.69) is 0 Å². The van der Waals surface area contributed by atoms with E-state index >= 15 is 0 Å². The Balaban J connectivity index is 2.63. The van der Waals surface area contributed by atoms with E-state index in [9.17, 15) is 27.2 Å². The van der Waals surface area contributed by atoms with E-state index in [0.717, 1.165) is 17.0 Å². The lowest BCUT2D eigenvalue weighted by molar-refractivity contribution is -0.124. The number of primary amides is 1. The van der Waals surface area contributed by atoms with E-state index in [-0.39, 0.29) is 30.5 Å². The first kappa shape index (κ1) is 21.1. The van der Waals surface area contributed by atoms with Crippen molar-refractivity contribution in [2.75, 3.05) is 18.6 Å². The Bertz CT molecular complexity index is 729. The van der Waals surface area contributed by atoms with Crippen LogP contribution in [0, 0.1) is 17.6 Å². The summed E-state index contributed by atoms with van der Waals surface area (Å²) in [4.78, 5) is 23.5. The van der Waals surface area contributed by atoms with Crippen molar-refractivity contribution in [3.05, 3.63) is 29.3 Å². The number of halogens is 4. The van der Waals surface area contributed by atoms with Crippen LogP contribution in [-0.4, -0.2) is 31.9 Å². The summed E-state index contributed by atoms with van der Waals surface area (Å²) in [5, 5.41) is 0. The van der Waals surface area contributed by atoms with Gasteiger partial charge in [-0.05, 0) is 37.8 Å². The molecule has 2 rings (SSSR count). The standard InChI is InChI=1S/C18H22F4N2O3/c1-17(27-2,11-4-3-7-18(21,22)8-11)15-13(6-5-12(19)16(15)20)24(10-25)9-14(23)26/h5-6,10-11H,3-4,7-9H2,1-2H3,(H2,23,26). The lowest BCUT2D eigenvalue weighted by Gasteiger charge is -2.42. The van der Waals surface area contributed by atoms with Crippen molar-refractivity contribution < 1.29 is 31.9 Å². The van der Waals surface area contributed by atoms with Gasteiger partial charge in [-0.3, -0.25) is 9.59 Å². The first-order valence-electron chi connectivity index (χ1n) is 8.47. The van der Waals surface area contributed by atoms with Gasteiger partial charge in [0.1, 0.15) is 6.54 Å². The van der Waals surface area contributed by atoms with Crippen LogP contribution in [0.2, 0.25) is 0 Å². The molecule has 150 valence electrons. The van der Waals surface area contributed by atoms with Gasteiger partial charge in [-0.1, -0.05) is 0 Å². The van der Waals surface area contributed by atoms with Crippen molar-refractivity contribution in [3.63, 3.8) is 0 Å². The van der Waals surface area contributed by atoms with Crippen LogP contribution in [0.5, 0.6) is 0 Å². The lowest BCUT2D eigenvalue weighted by Crippen LogP contribution is -2.43. The van der Waals surface area contributed by atoms with Crippen LogP contribution >= 0.6 is 0 Å². The molecule has 0 spiro atoms. The Morgan fingerprint density at radius 1 is 1.44 bits per heavy atom. The average molecular weight is 390 g/mol. The molecule has 0 saturated heterocycles. The van der Waals surface area contributed by atoms with Crippen LogP contribution < -0.4 is 10.6 Å². The highest BCUT2D eigenvalue weighted by atomic mass is 19.3. The third kappa shape index (κ3) is 4.23. The minimum atomic E-state index is -2.95. The summed E-state index contributed by atoms with van der Waals surface area (Å²) in [7, 11) is 1.21. The fourth-order valence-electron chi connectivity index (χ4n) is 3.71. The monoisotopic (exact) mass is 390 g/mol. The van der Waals surface area contributed by atoms with Gasteiger partial charge in [0.15, 0.2) is 11.6 Å². The molecule has 2 N–H and O–H groups in total. The number of hydrogen-bond acceptors (Lipinski definition) is 3. The summed E-state index contributed by atoms with van der Waals surface area (Å²) in [5.41, 5.74) is 2.92. The number of carbonyl (C=O) groups excluding carboxylic acids is 2. The molecule has 27 heavy (non-hydrogen) atoms. The molecule has 9 heteroatoms. The second-order valence-corrected chi connectivity index (χ2v) is 6.92. The van der Waals surface area contributed by atoms with Gasteiger partial charge in [-0.2, -0.15) is 0 Å². The van der Waals surface area contributed by atoms with Gasteiger partial charge < -0.3 is 15.4 Å². The van der Waals surface area contributed by atoms with Gasteiger partial charge in [0, 0.05) is 25.5 Å². The summed E-state index contributed by atoms with van der Waals surface area (Å²) < 4.78 is 62.2. The summed E-state index contributed by atoms with van der Waals surface area (Å²) in [6.07, 6.45) is -0.103. The van der Waals surface area contributed by atoms with Crippen molar-refractivity contribution in [3.8, 4) is 0 Å². The number of rotatable bonds is 7. The van der Waals surface area contributed by atoms with Crippen molar-refractivity contribution in [1.82, 2.24) is 0 Å². The van der Waals surface area contributed by atoms with Crippen molar-refractivity contribution >= 4 is 18.0 Å². The zero-order valence-corrected chi connectivity index (χ0v) is 15.1. The smallest absolute Gasteiger partial charge is 0.248 e. The molecule has 0 bridgehead atoms. The maximum atomic E-state index is 14.8. The Hall–Kier alpha value is -2.16. The molecule has 0 radical (unpaired) electrons. The van der Waals surface area contributed by atoms with Crippen LogP contribution in [-0.2, 0) is 19.9 Å². The molecule has 0 aliphatic heterocycles. The van der Waals surface area contributed by atoms with Gasteiger partial charge in [-0.25, -0.2) is 17.6 Å². The van der Waals surface area contributed by atoms with Crippen molar-refractivity contribution in [2.45, 2.75) is 44.1 Å². The Morgan fingerprint density at radius 3 is 2.63 bits per heavy atom. The van der Waals surface area contributed by atoms with Crippen molar-refractivity contribution in [1.29, 1.82) is 0 Å². The maximum Gasteiger partial charge on any atom is 0.248 e. The number of nitrogens with zero attached hydrogens (tertiary/aromatic N) is 1. The number of amides is 2. The van der Waals surface area contributed by atoms with Gasteiger partial charge in [0.25, 0.3) is 0 Å². The second-order valence-electron chi connectivity index (χ2n) is 6.92. The molecule has 1 aliphatic carbocycles. The number of alkyl halides is 2. The molecule has 0 aromatic heterocycles. The molecule has 2 atom stereocenters. The molecule has 1 saturated carbocycles. The van der Waals surface area contributed by atoms with Crippen LogP contribution in [0.1, 0.15) is 38.2 Å². The molecular weight excluding hydrogens is 368 g/mol.